The number of hydrogen-bond acceptors (Lipinski definition) is 3. The van der Waals surface area contributed by atoms with Gasteiger partial charge in [-0.2, -0.15) is 5.26 Å². The second kappa shape index (κ2) is 1.96. The van der Waals surface area contributed by atoms with Crippen molar-refractivity contribution in [3.05, 3.63) is 0 Å². The topological polar surface area (TPSA) is 42.2 Å². The van der Waals surface area contributed by atoms with Gasteiger partial charge in [-0.1, -0.05) is 6.92 Å². The lowest BCUT2D eigenvalue weighted by Crippen LogP contribution is -2.61. The Balaban J connectivity index is 2.18. The van der Waals surface area contributed by atoms with E-state index in [-0.39, 0.29) is 10.8 Å². The standard InChI is InChI=1S/C8H11NO2/c1-7(3-10-4-7)8(2-9)5-11-6-8/h3-6H2,1H3. The Hall–Kier alpha value is -0.590. The highest BCUT2D eigenvalue weighted by atomic mass is 16.5. The molecule has 0 aromatic heterocycles. The van der Waals surface area contributed by atoms with Gasteiger partial charge >= 0.3 is 0 Å². The third kappa shape index (κ3) is 0.688. The van der Waals surface area contributed by atoms with Crippen LogP contribution in [0.4, 0.5) is 0 Å². The summed E-state index contributed by atoms with van der Waals surface area (Å²) >= 11 is 0. The third-order valence-electron chi connectivity index (χ3n) is 2.91. The Bertz CT molecular complexity index is 211. The highest BCUT2D eigenvalue weighted by Gasteiger charge is 2.58. The van der Waals surface area contributed by atoms with Crippen molar-refractivity contribution in [2.45, 2.75) is 6.92 Å². The summed E-state index contributed by atoms with van der Waals surface area (Å²) in [6.07, 6.45) is 0. The molecule has 3 nitrogen and oxygen atoms in total. The van der Waals surface area contributed by atoms with Crippen molar-refractivity contribution in [2.24, 2.45) is 10.8 Å². The van der Waals surface area contributed by atoms with Crippen molar-refractivity contribution in [1.29, 1.82) is 5.26 Å². The first-order valence-corrected chi connectivity index (χ1v) is 3.79. The summed E-state index contributed by atoms with van der Waals surface area (Å²) in [5.74, 6) is 0. The van der Waals surface area contributed by atoms with E-state index < -0.39 is 0 Å². The number of hydrogen-bond donors (Lipinski definition) is 0. The first kappa shape index (κ1) is 7.08. The monoisotopic (exact) mass is 153 g/mol. The smallest absolute Gasteiger partial charge is 0.114 e. The van der Waals surface area contributed by atoms with Gasteiger partial charge in [0.05, 0.1) is 32.5 Å². The van der Waals surface area contributed by atoms with E-state index in [1.165, 1.54) is 0 Å². The maximum Gasteiger partial charge on any atom is 0.114 e. The minimum Gasteiger partial charge on any atom is -0.380 e. The molecule has 0 N–H and O–H groups in total. The average Bonchev–Trinajstić information content (AvgIpc) is 1.83. The first-order chi connectivity index (χ1) is 5.22. The van der Waals surface area contributed by atoms with Crippen LogP contribution in [0.3, 0.4) is 0 Å². The summed E-state index contributed by atoms with van der Waals surface area (Å²) in [4.78, 5) is 0. The lowest BCUT2D eigenvalue weighted by molar-refractivity contribution is -0.234. The SMILES string of the molecule is CC1(C2(C#N)COC2)COC1. The van der Waals surface area contributed by atoms with Crippen LogP contribution >= 0.6 is 0 Å². The zero-order valence-electron chi connectivity index (χ0n) is 6.59. The van der Waals surface area contributed by atoms with Crippen LogP contribution in [0.5, 0.6) is 0 Å². The van der Waals surface area contributed by atoms with Gasteiger partial charge in [-0.05, 0) is 0 Å². The van der Waals surface area contributed by atoms with Crippen LogP contribution in [-0.2, 0) is 9.47 Å². The number of nitrogens with zero attached hydrogens (tertiary/aromatic N) is 1. The molecule has 2 heterocycles. The molecule has 2 aliphatic heterocycles. The van der Waals surface area contributed by atoms with E-state index in [9.17, 15) is 0 Å². The van der Waals surface area contributed by atoms with Gasteiger partial charge in [0.1, 0.15) is 5.41 Å². The predicted molar refractivity (Wildman–Crippen MR) is 37.8 cm³/mol. The minimum atomic E-state index is -0.245. The molecule has 0 unspecified atom stereocenters. The van der Waals surface area contributed by atoms with Gasteiger partial charge < -0.3 is 9.47 Å². The zero-order valence-corrected chi connectivity index (χ0v) is 6.59. The fourth-order valence-electron chi connectivity index (χ4n) is 1.54. The molecule has 0 radical (unpaired) electrons. The molecule has 2 aliphatic rings. The molecule has 0 bridgehead atoms. The molecule has 11 heavy (non-hydrogen) atoms. The van der Waals surface area contributed by atoms with Gasteiger partial charge in [0.25, 0.3) is 0 Å². The van der Waals surface area contributed by atoms with Crippen LogP contribution in [-0.4, -0.2) is 26.4 Å². The molecular weight excluding hydrogens is 142 g/mol. The highest BCUT2D eigenvalue weighted by Crippen LogP contribution is 2.49. The van der Waals surface area contributed by atoms with E-state index in [1.54, 1.807) is 0 Å². The Morgan fingerprint density at radius 3 is 1.82 bits per heavy atom. The first-order valence-electron chi connectivity index (χ1n) is 3.79. The van der Waals surface area contributed by atoms with E-state index in [1.807, 2.05) is 0 Å². The van der Waals surface area contributed by atoms with Gasteiger partial charge in [0.2, 0.25) is 0 Å². The molecule has 0 aliphatic carbocycles. The Morgan fingerprint density at radius 2 is 1.73 bits per heavy atom. The second-order valence-corrected chi connectivity index (χ2v) is 3.74. The molecule has 0 spiro atoms. The molecule has 60 valence electrons. The quantitative estimate of drug-likeness (QED) is 0.553. The van der Waals surface area contributed by atoms with Crippen LogP contribution in [0.1, 0.15) is 6.92 Å². The fraction of sp³-hybridized carbons (Fsp3) is 0.875. The zero-order chi connectivity index (χ0) is 7.95. The van der Waals surface area contributed by atoms with Gasteiger partial charge in [0, 0.05) is 5.41 Å². The van der Waals surface area contributed by atoms with Gasteiger partial charge in [-0.3, -0.25) is 0 Å². The molecule has 3 heteroatoms. The van der Waals surface area contributed by atoms with E-state index in [0.717, 1.165) is 0 Å². The highest BCUT2D eigenvalue weighted by molar-refractivity contribution is 5.15. The Morgan fingerprint density at radius 1 is 1.18 bits per heavy atom. The van der Waals surface area contributed by atoms with Crippen LogP contribution in [0.25, 0.3) is 0 Å². The minimum absolute atomic E-state index is 0.0556. The van der Waals surface area contributed by atoms with Gasteiger partial charge in [-0.25, -0.2) is 0 Å². The van der Waals surface area contributed by atoms with Gasteiger partial charge in [0.15, 0.2) is 0 Å². The number of ether oxygens (including phenoxy) is 2. The van der Waals surface area contributed by atoms with E-state index in [0.29, 0.717) is 26.4 Å². The molecule has 0 aromatic rings. The molecule has 0 amide bonds. The molecule has 2 saturated heterocycles. The van der Waals surface area contributed by atoms with Crippen LogP contribution in [0.15, 0.2) is 0 Å². The molecular formula is C8H11NO2. The van der Waals surface area contributed by atoms with Gasteiger partial charge in [-0.15, -0.1) is 0 Å². The molecule has 0 aromatic carbocycles. The summed E-state index contributed by atoms with van der Waals surface area (Å²) in [6, 6.07) is 2.35. The van der Waals surface area contributed by atoms with Crippen molar-refractivity contribution in [3.63, 3.8) is 0 Å². The predicted octanol–water partition coefficient (Wildman–Crippen LogP) is 0.563. The third-order valence-corrected chi connectivity index (χ3v) is 2.91. The van der Waals surface area contributed by atoms with Crippen molar-refractivity contribution in [3.8, 4) is 6.07 Å². The Kier molecular flexibility index (Phi) is 1.26. The van der Waals surface area contributed by atoms with Crippen LogP contribution in [0.2, 0.25) is 0 Å². The van der Waals surface area contributed by atoms with Crippen molar-refractivity contribution >= 4 is 0 Å². The summed E-state index contributed by atoms with van der Waals surface area (Å²) in [5.41, 5.74) is -0.189. The molecule has 0 atom stereocenters. The number of rotatable bonds is 1. The second-order valence-electron chi connectivity index (χ2n) is 3.74. The van der Waals surface area contributed by atoms with Crippen molar-refractivity contribution < 1.29 is 9.47 Å². The summed E-state index contributed by atoms with van der Waals surface area (Å²) in [5, 5.41) is 8.95. The maximum absolute atomic E-state index is 8.95. The fourth-order valence-corrected chi connectivity index (χ4v) is 1.54. The average molecular weight is 153 g/mol. The maximum atomic E-state index is 8.95. The normalized spacial score (nSPS) is 31.3. The van der Waals surface area contributed by atoms with Crippen molar-refractivity contribution in [1.82, 2.24) is 0 Å². The number of nitriles is 1. The lowest BCUT2D eigenvalue weighted by Gasteiger charge is -2.53. The van der Waals surface area contributed by atoms with E-state index >= 15 is 0 Å². The molecule has 2 rings (SSSR count). The summed E-state index contributed by atoms with van der Waals surface area (Å²) in [6.45, 7) is 4.70. The molecule has 0 saturated carbocycles. The lowest BCUT2D eigenvalue weighted by atomic mass is 9.62. The van der Waals surface area contributed by atoms with E-state index in [2.05, 4.69) is 13.0 Å². The van der Waals surface area contributed by atoms with Crippen LogP contribution in [0, 0.1) is 22.2 Å². The summed E-state index contributed by atoms with van der Waals surface area (Å²) in [7, 11) is 0. The Labute approximate surface area is 65.9 Å². The molecule has 2 fully saturated rings. The van der Waals surface area contributed by atoms with E-state index in [4.69, 9.17) is 14.7 Å². The van der Waals surface area contributed by atoms with Crippen LogP contribution < -0.4 is 0 Å². The largest absolute Gasteiger partial charge is 0.380 e. The summed E-state index contributed by atoms with van der Waals surface area (Å²) < 4.78 is 10.2. The van der Waals surface area contributed by atoms with Crippen molar-refractivity contribution in [2.75, 3.05) is 26.4 Å².